The van der Waals surface area contributed by atoms with E-state index in [0.29, 0.717) is 23.6 Å². The fourth-order valence-electron chi connectivity index (χ4n) is 3.15. The summed E-state index contributed by atoms with van der Waals surface area (Å²) in [6.07, 6.45) is -2.71. The topological polar surface area (TPSA) is 79.5 Å². The van der Waals surface area contributed by atoms with Crippen LogP contribution in [0.1, 0.15) is 46.0 Å². The van der Waals surface area contributed by atoms with Gasteiger partial charge in [-0.25, -0.2) is 0 Å². The van der Waals surface area contributed by atoms with Gasteiger partial charge in [0.15, 0.2) is 5.11 Å². The van der Waals surface area contributed by atoms with Crippen LogP contribution in [0.2, 0.25) is 0 Å². The number of amides is 2. The Morgan fingerprint density at radius 1 is 0.889 bits per heavy atom. The molecule has 0 unspecified atom stereocenters. The number of ether oxygens (including phenoxy) is 1. The van der Waals surface area contributed by atoms with Crippen LogP contribution in [0.5, 0.6) is 5.75 Å². The van der Waals surface area contributed by atoms with E-state index in [1.54, 1.807) is 36.4 Å². The van der Waals surface area contributed by atoms with Crippen LogP contribution in [0, 0.1) is 0 Å². The largest absolute Gasteiger partial charge is 0.493 e. The number of carbonyl (C=O) groups is 2. The minimum atomic E-state index is -4.52. The number of carbonyl (C=O) groups excluding carboxylic acids is 2. The second-order valence-corrected chi connectivity index (χ2v) is 8.13. The molecule has 3 aromatic rings. The number of thiocarbonyl (C=S) groups is 1. The molecule has 0 aliphatic carbocycles. The van der Waals surface area contributed by atoms with Crippen LogP contribution in [0.3, 0.4) is 0 Å². The Kier molecular flexibility index (Phi) is 9.02. The van der Waals surface area contributed by atoms with Crippen molar-refractivity contribution in [2.24, 2.45) is 0 Å². The lowest BCUT2D eigenvalue weighted by molar-refractivity contribution is -0.137. The molecule has 0 aliphatic rings. The summed E-state index contributed by atoms with van der Waals surface area (Å²) in [4.78, 5) is 25.3. The summed E-state index contributed by atoms with van der Waals surface area (Å²) in [5.74, 6) is -0.622. The molecule has 188 valence electrons. The van der Waals surface area contributed by atoms with Gasteiger partial charge < -0.3 is 15.4 Å². The molecule has 0 aromatic heterocycles. The van der Waals surface area contributed by atoms with E-state index in [4.69, 9.17) is 17.0 Å². The first kappa shape index (κ1) is 26.7. The smallest absolute Gasteiger partial charge is 0.416 e. The van der Waals surface area contributed by atoms with E-state index in [0.717, 1.165) is 25.0 Å². The monoisotopic (exact) mass is 515 g/mol. The minimum Gasteiger partial charge on any atom is -0.493 e. The number of halogens is 3. The third-order valence-electron chi connectivity index (χ3n) is 4.94. The summed E-state index contributed by atoms with van der Waals surface area (Å²) < 4.78 is 44.5. The molecular formula is C26H24F3N3O3S. The lowest BCUT2D eigenvalue weighted by Gasteiger charge is -2.13. The normalized spacial score (nSPS) is 10.9. The van der Waals surface area contributed by atoms with Gasteiger partial charge in [0.25, 0.3) is 11.8 Å². The summed E-state index contributed by atoms with van der Waals surface area (Å²) in [7, 11) is 0. The third-order valence-corrected chi connectivity index (χ3v) is 5.15. The first-order valence-electron chi connectivity index (χ1n) is 11.1. The maximum Gasteiger partial charge on any atom is 0.416 e. The predicted octanol–water partition coefficient (Wildman–Crippen LogP) is 6.26. The number of unbranched alkanes of at least 4 members (excludes halogenated alkanes) is 1. The summed E-state index contributed by atoms with van der Waals surface area (Å²) in [5, 5.41) is 7.86. The fraction of sp³-hybridized carbons (Fsp3) is 0.192. The van der Waals surface area contributed by atoms with E-state index in [-0.39, 0.29) is 16.4 Å². The molecule has 0 spiro atoms. The summed E-state index contributed by atoms with van der Waals surface area (Å²) in [6.45, 7) is 2.52. The Morgan fingerprint density at radius 2 is 1.58 bits per heavy atom. The summed E-state index contributed by atoms with van der Waals surface area (Å²) >= 11 is 5.23. The third kappa shape index (κ3) is 7.54. The number of para-hydroxylation sites is 1. The van der Waals surface area contributed by atoms with Gasteiger partial charge >= 0.3 is 6.18 Å². The van der Waals surface area contributed by atoms with Crippen molar-refractivity contribution in [1.29, 1.82) is 0 Å². The fourth-order valence-corrected chi connectivity index (χ4v) is 3.36. The van der Waals surface area contributed by atoms with Crippen LogP contribution in [0.4, 0.5) is 24.5 Å². The van der Waals surface area contributed by atoms with Crippen molar-refractivity contribution >= 4 is 40.5 Å². The Balaban J connectivity index is 1.63. The molecule has 3 aromatic carbocycles. The number of rotatable bonds is 8. The highest BCUT2D eigenvalue weighted by Gasteiger charge is 2.30. The van der Waals surface area contributed by atoms with Crippen molar-refractivity contribution in [2.75, 3.05) is 17.2 Å². The highest BCUT2D eigenvalue weighted by Crippen LogP contribution is 2.30. The first-order chi connectivity index (χ1) is 17.2. The van der Waals surface area contributed by atoms with Crippen molar-refractivity contribution in [3.63, 3.8) is 0 Å². The molecule has 0 aliphatic heterocycles. The standard InChI is InChI=1S/C26H24F3N3O3S/c1-2-3-14-35-22-13-5-4-12-21(22)24(34)32-25(36)31-19-10-6-8-17(15-19)23(33)30-20-11-7-9-18(16-20)26(27,28)29/h4-13,15-16H,2-3,14H2,1H3,(H,30,33)(H2,31,32,34,36). The van der Waals surface area contributed by atoms with Gasteiger partial charge in [-0.3, -0.25) is 14.9 Å². The molecule has 0 saturated carbocycles. The van der Waals surface area contributed by atoms with Crippen molar-refractivity contribution in [1.82, 2.24) is 5.32 Å². The molecule has 0 atom stereocenters. The van der Waals surface area contributed by atoms with Gasteiger partial charge in [-0.15, -0.1) is 0 Å². The highest BCUT2D eigenvalue weighted by molar-refractivity contribution is 7.80. The molecule has 36 heavy (non-hydrogen) atoms. The quantitative estimate of drug-likeness (QED) is 0.244. The maximum atomic E-state index is 12.9. The zero-order valence-corrected chi connectivity index (χ0v) is 20.1. The van der Waals surface area contributed by atoms with Crippen LogP contribution < -0.4 is 20.7 Å². The molecule has 0 radical (unpaired) electrons. The van der Waals surface area contributed by atoms with E-state index in [1.165, 1.54) is 24.3 Å². The highest BCUT2D eigenvalue weighted by atomic mass is 32.1. The van der Waals surface area contributed by atoms with E-state index >= 15 is 0 Å². The van der Waals surface area contributed by atoms with E-state index < -0.39 is 23.6 Å². The number of hydrogen-bond donors (Lipinski definition) is 3. The van der Waals surface area contributed by atoms with Gasteiger partial charge in [-0.1, -0.05) is 37.6 Å². The minimum absolute atomic E-state index is 0.00111. The van der Waals surface area contributed by atoms with Crippen molar-refractivity contribution in [3.8, 4) is 5.75 Å². The average molecular weight is 516 g/mol. The predicted molar refractivity (Wildman–Crippen MR) is 136 cm³/mol. The van der Waals surface area contributed by atoms with Crippen molar-refractivity contribution in [3.05, 3.63) is 89.5 Å². The van der Waals surface area contributed by atoms with E-state index in [9.17, 15) is 22.8 Å². The zero-order chi connectivity index (χ0) is 26.1. The van der Waals surface area contributed by atoms with Gasteiger partial charge in [0.2, 0.25) is 0 Å². The molecule has 6 nitrogen and oxygen atoms in total. The number of alkyl halides is 3. The van der Waals surface area contributed by atoms with Crippen LogP contribution in [0.15, 0.2) is 72.8 Å². The van der Waals surface area contributed by atoms with Crippen LogP contribution in [-0.4, -0.2) is 23.5 Å². The molecule has 3 N–H and O–H groups in total. The lowest BCUT2D eigenvalue weighted by Crippen LogP contribution is -2.34. The summed E-state index contributed by atoms with van der Waals surface area (Å²) in [5.41, 5.74) is 0.0580. The van der Waals surface area contributed by atoms with E-state index in [1.807, 2.05) is 6.92 Å². The molecule has 10 heteroatoms. The zero-order valence-electron chi connectivity index (χ0n) is 19.3. The molecule has 3 rings (SSSR count). The Labute approximate surface area is 211 Å². The van der Waals surface area contributed by atoms with Crippen LogP contribution >= 0.6 is 12.2 Å². The number of anilines is 2. The lowest BCUT2D eigenvalue weighted by atomic mass is 10.1. The van der Waals surface area contributed by atoms with E-state index in [2.05, 4.69) is 16.0 Å². The van der Waals surface area contributed by atoms with Gasteiger partial charge in [0, 0.05) is 16.9 Å². The Bertz CT molecular complexity index is 1250. The molecule has 0 fully saturated rings. The average Bonchev–Trinajstić information content (AvgIpc) is 2.84. The molecule has 0 heterocycles. The Morgan fingerprint density at radius 3 is 2.31 bits per heavy atom. The molecule has 2 amide bonds. The van der Waals surface area contributed by atoms with Crippen LogP contribution in [0.25, 0.3) is 0 Å². The number of nitrogens with one attached hydrogen (secondary N) is 3. The second kappa shape index (κ2) is 12.2. The Hall–Kier alpha value is -3.92. The van der Waals surface area contributed by atoms with Gasteiger partial charge in [0.05, 0.1) is 17.7 Å². The number of hydrogen-bond acceptors (Lipinski definition) is 4. The maximum absolute atomic E-state index is 12.9. The van der Waals surface area contributed by atoms with Gasteiger partial charge in [-0.2, -0.15) is 13.2 Å². The van der Waals surface area contributed by atoms with Gasteiger partial charge in [-0.05, 0) is 67.2 Å². The first-order valence-corrected chi connectivity index (χ1v) is 11.5. The van der Waals surface area contributed by atoms with Crippen molar-refractivity contribution < 1.29 is 27.5 Å². The van der Waals surface area contributed by atoms with Crippen LogP contribution in [-0.2, 0) is 6.18 Å². The van der Waals surface area contributed by atoms with Gasteiger partial charge in [0.1, 0.15) is 5.75 Å². The summed E-state index contributed by atoms with van der Waals surface area (Å²) in [6, 6.07) is 17.3. The van der Waals surface area contributed by atoms with Crippen molar-refractivity contribution in [2.45, 2.75) is 25.9 Å². The molecular weight excluding hydrogens is 491 g/mol. The SMILES string of the molecule is CCCCOc1ccccc1C(=O)NC(=S)Nc1cccc(C(=O)Nc2cccc(C(F)(F)F)c2)c1. The number of benzene rings is 3. The molecule has 0 saturated heterocycles. The molecule has 0 bridgehead atoms. The second-order valence-electron chi connectivity index (χ2n) is 7.72.